The first-order chi connectivity index (χ1) is 9.13. The number of aromatic nitrogens is 2. The van der Waals surface area contributed by atoms with E-state index in [-0.39, 0.29) is 0 Å². The Morgan fingerprint density at radius 1 is 1.32 bits per heavy atom. The second-order valence-corrected chi connectivity index (χ2v) is 4.02. The van der Waals surface area contributed by atoms with Gasteiger partial charge in [-0.25, -0.2) is 0 Å². The van der Waals surface area contributed by atoms with E-state index in [0.717, 1.165) is 5.56 Å². The van der Waals surface area contributed by atoms with Crippen LogP contribution in [0.5, 0.6) is 0 Å². The lowest BCUT2D eigenvalue weighted by atomic mass is 10.2. The first-order valence-electron chi connectivity index (χ1n) is 5.71. The quantitative estimate of drug-likeness (QED) is 0.794. The third-order valence-electron chi connectivity index (χ3n) is 2.43. The number of benzene rings is 1. The van der Waals surface area contributed by atoms with Crippen molar-refractivity contribution in [1.82, 2.24) is 9.78 Å². The summed E-state index contributed by atoms with van der Waals surface area (Å²) >= 11 is 0. The first-order valence-corrected chi connectivity index (χ1v) is 5.71. The van der Waals surface area contributed by atoms with Gasteiger partial charge in [0.1, 0.15) is 6.42 Å². The Kier molecular flexibility index (Phi) is 3.92. The van der Waals surface area contributed by atoms with Crippen LogP contribution in [0.25, 0.3) is 0 Å². The minimum absolute atomic E-state index is 0.538. The van der Waals surface area contributed by atoms with E-state index in [1.54, 1.807) is 29.1 Å². The molecule has 0 spiro atoms. The number of carbonyl (C=O) groups is 2. The minimum Gasteiger partial charge on any atom is -0.481 e. The summed E-state index contributed by atoms with van der Waals surface area (Å²) < 4.78 is 1.76. The molecule has 2 N–H and O–H groups in total. The van der Waals surface area contributed by atoms with Crippen molar-refractivity contribution in [2.75, 3.05) is 5.32 Å². The predicted molar refractivity (Wildman–Crippen MR) is 68.7 cm³/mol. The van der Waals surface area contributed by atoms with Gasteiger partial charge in [0.05, 0.1) is 6.54 Å². The van der Waals surface area contributed by atoms with E-state index < -0.39 is 18.3 Å². The number of rotatable bonds is 5. The molecule has 0 atom stereocenters. The fourth-order valence-corrected chi connectivity index (χ4v) is 1.67. The van der Waals surface area contributed by atoms with E-state index in [0.29, 0.717) is 12.2 Å². The van der Waals surface area contributed by atoms with E-state index in [9.17, 15) is 9.59 Å². The monoisotopic (exact) mass is 259 g/mol. The summed E-state index contributed by atoms with van der Waals surface area (Å²) in [6, 6.07) is 9.05. The molecule has 98 valence electrons. The lowest BCUT2D eigenvalue weighted by Gasteiger charge is -2.06. The van der Waals surface area contributed by atoms with Crippen molar-refractivity contribution in [3.8, 4) is 0 Å². The summed E-state index contributed by atoms with van der Waals surface area (Å²) in [5, 5.41) is 15.2. The van der Waals surface area contributed by atoms with Crippen LogP contribution in [0, 0.1) is 0 Å². The van der Waals surface area contributed by atoms with Gasteiger partial charge in [0.25, 0.3) is 0 Å². The number of nitrogens with one attached hydrogen (secondary N) is 1. The molecule has 2 aromatic rings. The van der Waals surface area contributed by atoms with Gasteiger partial charge >= 0.3 is 5.97 Å². The van der Waals surface area contributed by atoms with Crippen molar-refractivity contribution in [2.24, 2.45) is 0 Å². The van der Waals surface area contributed by atoms with Gasteiger partial charge in [0.15, 0.2) is 0 Å². The van der Waals surface area contributed by atoms with Gasteiger partial charge in [-0.3, -0.25) is 14.3 Å². The second kappa shape index (κ2) is 5.81. The summed E-state index contributed by atoms with van der Waals surface area (Å²) in [7, 11) is 0. The second-order valence-electron chi connectivity index (χ2n) is 4.02. The van der Waals surface area contributed by atoms with Crippen LogP contribution in [-0.4, -0.2) is 26.8 Å². The largest absolute Gasteiger partial charge is 0.481 e. The zero-order chi connectivity index (χ0) is 13.7. The molecule has 19 heavy (non-hydrogen) atoms. The third-order valence-corrected chi connectivity index (χ3v) is 2.43. The Labute approximate surface area is 109 Å². The molecule has 1 aromatic heterocycles. The van der Waals surface area contributed by atoms with Crippen molar-refractivity contribution >= 4 is 17.6 Å². The molecule has 1 heterocycles. The van der Waals surface area contributed by atoms with Crippen LogP contribution in [0.1, 0.15) is 12.0 Å². The molecule has 0 aliphatic rings. The van der Waals surface area contributed by atoms with Gasteiger partial charge in [0, 0.05) is 18.1 Å². The number of carboxylic acid groups (broad SMARTS) is 1. The van der Waals surface area contributed by atoms with Gasteiger partial charge in [-0.2, -0.15) is 5.10 Å². The summed E-state index contributed by atoms with van der Waals surface area (Å²) in [5.74, 6) is -1.69. The topological polar surface area (TPSA) is 84.2 Å². The highest BCUT2D eigenvalue weighted by Crippen LogP contribution is 2.12. The fraction of sp³-hybridized carbons (Fsp3) is 0.154. The molecule has 0 bridgehead atoms. The highest BCUT2D eigenvalue weighted by atomic mass is 16.4. The smallest absolute Gasteiger partial charge is 0.312 e. The summed E-state index contributed by atoms with van der Waals surface area (Å²) in [5.41, 5.74) is 1.55. The number of hydrogen-bond acceptors (Lipinski definition) is 3. The molecule has 2 rings (SSSR count). The molecular formula is C13H13N3O3. The molecule has 0 radical (unpaired) electrons. The van der Waals surface area contributed by atoms with Crippen LogP contribution < -0.4 is 5.32 Å². The Balaban J connectivity index is 2.02. The van der Waals surface area contributed by atoms with Gasteiger partial charge in [0.2, 0.25) is 5.91 Å². The van der Waals surface area contributed by atoms with Crippen LogP contribution in [-0.2, 0) is 16.1 Å². The van der Waals surface area contributed by atoms with Gasteiger partial charge in [-0.1, -0.05) is 12.1 Å². The highest BCUT2D eigenvalue weighted by molar-refractivity contribution is 6.01. The number of nitrogens with zero attached hydrogens (tertiary/aromatic N) is 2. The Bertz CT molecular complexity index is 579. The lowest BCUT2D eigenvalue weighted by molar-refractivity contribution is -0.139. The van der Waals surface area contributed by atoms with E-state index in [4.69, 9.17) is 5.11 Å². The number of aliphatic carboxylic acids is 1. The molecule has 6 heteroatoms. The van der Waals surface area contributed by atoms with Crippen LogP contribution >= 0.6 is 0 Å². The Morgan fingerprint density at radius 2 is 2.16 bits per heavy atom. The van der Waals surface area contributed by atoms with Crippen LogP contribution in [0.3, 0.4) is 0 Å². The van der Waals surface area contributed by atoms with Crippen LogP contribution in [0.4, 0.5) is 5.69 Å². The van der Waals surface area contributed by atoms with Crippen LogP contribution in [0.15, 0.2) is 42.7 Å². The average Bonchev–Trinajstić information content (AvgIpc) is 2.81. The molecule has 0 fully saturated rings. The van der Waals surface area contributed by atoms with Crippen molar-refractivity contribution in [1.29, 1.82) is 0 Å². The van der Waals surface area contributed by atoms with E-state index >= 15 is 0 Å². The van der Waals surface area contributed by atoms with Gasteiger partial charge < -0.3 is 10.4 Å². The molecule has 1 aromatic carbocycles. The number of hydrogen-bond donors (Lipinski definition) is 2. The SMILES string of the molecule is O=C(O)CC(=O)Nc1cccc(Cn2cccn2)c1. The number of anilines is 1. The molecule has 0 aliphatic heterocycles. The minimum atomic E-state index is -1.15. The molecule has 1 amide bonds. The Hall–Kier alpha value is -2.63. The lowest BCUT2D eigenvalue weighted by Crippen LogP contribution is -2.16. The normalized spacial score (nSPS) is 10.1. The predicted octanol–water partition coefficient (Wildman–Crippen LogP) is 1.34. The van der Waals surface area contributed by atoms with E-state index in [1.807, 2.05) is 18.3 Å². The molecule has 0 aliphatic carbocycles. The summed E-state index contributed by atoms with van der Waals surface area (Å²) in [6.45, 7) is 0.593. The average molecular weight is 259 g/mol. The number of amides is 1. The standard InChI is InChI=1S/C13H13N3O3/c17-12(8-13(18)19)15-11-4-1-3-10(7-11)9-16-6-2-5-14-16/h1-7H,8-9H2,(H,15,17)(H,18,19). The maximum absolute atomic E-state index is 11.3. The van der Waals surface area contributed by atoms with E-state index in [2.05, 4.69) is 10.4 Å². The van der Waals surface area contributed by atoms with Crippen LogP contribution in [0.2, 0.25) is 0 Å². The zero-order valence-electron chi connectivity index (χ0n) is 10.1. The summed E-state index contributed by atoms with van der Waals surface area (Å²) in [4.78, 5) is 21.7. The molecular weight excluding hydrogens is 246 g/mol. The molecule has 0 saturated heterocycles. The van der Waals surface area contributed by atoms with E-state index in [1.165, 1.54) is 0 Å². The van der Waals surface area contributed by atoms with Crippen molar-refractivity contribution in [3.63, 3.8) is 0 Å². The maximum atomic E-state index is 11.3. The molecule has 0 unspecified atom stereocenters. The van der Waals surface area contributed by atoms with Crippen molar-refractivity contribution < 1.29 is 14.7 Å². The highest BCUT2D eigenvalue weighted by Gasteiger charge is 2.07. The summed E-state index contributed by atoms with van der Waals surface area (Å²) in [6.07, 6.45) is 3.00. The van der Waals surface area contributed by atoms with Gasteiger partial charge in [-0.15, -0.1) is 0 Å². The zero-order valence-corrected chi connectivity index (χ0v) is 10.1. The molecule has 6 nitrogen and oxygen atoms in total. The third kappa shape index (κ3) is 3.95. The van der Waals surface area contributed by atoms with Crippen molar-refractivity contribution in [2.45, 2.75) is 13.0 Å². The molecule has 0 saturated carbocycles. The number of carboxylic acids is 1. The van der Waals surface area contributed by atoms with Crippen molar-refractivity contribution in [3.05, 3.63) is 48.3 Å². The Morgan fingerprint density at radius 3 is 2.84 bits per heavy atom. The number of carbonyl (C=O) groups excluding carboxylic acids is 1. The van der Waals surface area contributed by atoms with Gasteiger partial charge in [-0.05, 0) is 23.8 Å². The first kappa shape index (κ1) is 12.8. The fourth-order valence-electron chi connectivity index (χ4n) is 1.67. The maximum Gasteiger partial charge on any atom is 0.312 e.